The van der Waals surface area contributed by atoms with Crippen LogP contribution in [0.15, 0.2) is 10.6 Å². The molecule has 0 aliphatic rings. The third-order valence-corrected chi connectivity index (χ3v) is 3.69. The van der Waals surface area contributed by atoms with Gasteiger partial charge in [0.2, 0.25) is 6.19 Å². The molecule has 8 heteroatoms. The average Bonchev–Trinajstić information content (AvgIpc) is 2.52. The van der Waals surface area contributed by atoms with Crippen molar-refractivity contribution in [1.82, 2.24) is 4.98 Å². The van der Waals surface area contributed by atoms with Crippen LogP contribution in [0, 0.1) is 11.5 Å². The maximum absolute atomic E-state index is 12.2. The minimum atomic E-state index is -4.39. The predicted molar refractivity (Wildman–Crippen MR) is 52.2 cm³/mol. The molecule has 0 bridgehead atoms. The summed E-state index contributed by atoms with van der Waals surface area (Å²) in [6.45, 7) is 0. The van der Waals surface area contributed by atoms with Gasteiger partial charge in [-0.15, -0.1) is 11.3 Å². The maximum Gasteiger partial charge on any atom is 0.443 e. The summed E-state index contributed by atoms with van der Waals surface area (Å²) in [7, 11) is -0.568. The lowest BCUT2D eigenvalue weighted by Crippen LogP contribution is -2.02. The Morgan fingerprint density at radius 3 is 2.80 bits per heavy atom. The Labute approximate surface area is 90.7 Å². The number of nitriles is 1. The Morgan fingerprint density at radius 1 is 1.67 bits per heavy atom. The summed E-state index contributed by atoms with van der Waals surface area (Å²) < 4.78 is 40.0. The third-order valence-electron chi connectivity index (χ3n) is 1.34. The molecule has 15 heavy (non-hydrogen) atoms. The van der Waals surface area contributed by atoms with Crippen molar-refractivity contribution in [3.8, 4) is 6.19 Å². The number of rotatable bonds is 2. The SMILES string of the molecule is C/S(Cc1cnc(C(F)(F)F)s1)=N\C#N. The van der Waals surface area contributed by atoms with E-state index in [-0.39, 0.29) is 0 Å². The number of thiazole rings is 1. The third kappa shape index (κ3) is 3.60. The molecule has 0 fully saturated rings. The first-order valence-electron chi connectivity index (χ1n) is 3.68. The minimum Gasteiger partial charge on any atom is -0.240 e. The molecular weight excluding hydrogens is 247 g/mol. The Balaban J connectivity index is 2.79. The number of hydrogen-bond acceptors (Lipinski definition) is 4. The van der Waals surface area contributed by atoms with Crippen LogP contribution < -0.4 is 0 Å². The summed E-state index contributed by atoms with van der Waals surface area (Å²) in [6, 6.07) is 0. The van der Waals surface area contributed by atoms with Crippen LogP contribution in [0.2, 0.25) is 0 Å². The summed E-state index contributed by atoms with van der Waals surface area (Å²) in [5, 5.41) is 7.39. The molecule has 1 atom stereocenters. The molecule has 1 heterocycles. The molecule has 0 aliphatic carbocycles. The summed E-state index contributed by atoms with van der Waals surface area (Å²) in [4.78, 5) is 3.77. The molecule has 0 saturated heterocycles. The van der Waals surface area contributed by atoms with Crippen molar-refractivity contribution in [1.29, 1.82) is 5.26 Å². The lowest BCUT2D eigenvalue weighted by molar-refractivity contribution is -0.137. The van der Waals surface area contributed by atoms with Gasteiger partial charge in [-0.2, -0.15) is 22.8 Å². The molecule has 0 amide bonds. The molecular formula is C7H6F3N3S2. The molecule has 0 aliphatic heterocycles. The van der Waals surface area contributed by atoms with Crippen molar-refractivity contribution in [2.45, 2.75) is 11.9 Å². The number of aromatic nitrogens is 1. The van der Waals surface area contributed by atoms with E-state index in [1.165, 1.54) is 6.20 Å². The lowest BCUT2D eigenvalue weighted by Gasteiger charge is -1.99. The van der Waals surface area contributed by atoms with Gasteiger partial charge in [0.15, 0.2) is 5.01 Å². The normalized spacial score (nSPS) is 13.8. The zero-order valence-corrected chi connectivity index (χ0v) is 9.21. The van der Waals surface area contributed by atoms with E-state index < -0.39 is 21.9 Å². The van der Waals surface area contributed by atoms with Crippen LogP contribution >= 0.6 is 11.3 Å². The zero-order valence-electron chi connectivity index (χ0n) is 7.58. The molecule has 0 saturated carbocycles. The van der Waals surface area contributed by atoms with Crippen molar-refractivity contribution in [2.75, 3.05) is 6.26 Å². The highest BCUT2D eigenvalue weighted by molar-refractivity contribution is 7.86. The van der Waals surface area contributed by atoms with Crippen LogP contribution in [0.5, 0.6) is 0 Å². The highest BCUT2D eigenvalue weighted by atomic mass is 32.2. The van der Waals surface area contributed by atoms with Crippen LogP contribution in [0.4, 0.5) is 13.2 Å². The fraction of sp³-hybridized carbons (Fsp3) is 0.429. The van der Waals surface area contributed by atoms with E-state index in [4.69, 9.17) is 5.26 Å². The van der Waals surface area contributed by atoms with E-state index in [1.54, 1.807) is 12.4 Å². The van der Waals surface area contributed by atoms with Crippen molar-refractivity contribution < 1.29 is 13.2 Å². The van der Waals surface area contributed by atoms with Crippen LogP contribution in [0.1, 0.15) is 9.88 Å². The first kappa shape index (κ1) is 12.1. The van der Waals surface area contributed by atoms with E-state index in [1.807, 2.05) is 0 Å². The van der Waals surface area contributed by atoms with Gasteiger partial charge < -0.3 is 0 Å². The van der Waals surface area contributed by atoms with Crippen molar-refractivity contribution in [3.63, 3.8) is 0 Å². The summed E-state index contributed by atoms with van der Waals surface area (Å²) in [5.74, 6) is 0.335. The van der Waals surface area contributed by atoms with Gasteiger partial charge in [-0.25, -0.2) is 4.98 Å². The topological polar surface area (TPSA) is 49.0 Å². The van der Waals surface area contributed by atoms with Gasteiger partial charge in [0.25, 0.3) is 0 Å². The van der Waals surface area contributed by atoms with E-state index >= 15 is 0 Å². The molecule has 0 radical (unpaired) electrons. The number of alkyl halides is 3. The zero-order chi connectivity index (χ0) is 11.5. The van der Waals surface area contributed by atoms with Crippen LogP contribution in [0.25, 0.3) is 0 Å². The van der Waals surface area contributed by atoms with Crippen LogP contribution in [-0.4, -0.2) is 11.2 Å². The van der Waals surface area contributed by atoms with Gasteiger partial charge in [0, 0.05) is 16.8 Å². The van der Waals surface area contributed by atoms with Crippen molar-refractivity contribution >= 4 is 22.0 Å². The molecule has 3 nitrogen and oxygen atoms in total. The fourth-order valence-electron chi connectivity index (χ4n) is 0.813. The summed E-state index contributed by atoms with van der Waals surface area (Å²) in [5.41, 5.74) is 0. The monoisotopic (exact) mass is 253 g/mol. The summed E-state index contributed by atoms with van der Waals surface area (Å²) in [6.07, 6.45) is 0.112. The average molecular weight is 253 g/mol. The molecule has 82 valence electrons. The maximum atomic E-state index is 12.2. The highest BCUT2D eigenvalue weighted by Crippen LogP contribution is 2.32. The first-order chi connectivity index (χ1) is 6.93. The Kier molecular flexibility index (Phi) is 3.82. The van der Waals surface area contributed by atoms with E-state index in [0.717, 1.165) is 0 Å². The second-order valence-corrected chi connectivity index (χ2v) is 5.35. The van der Waals surface area contributed by atoms with Crippen LogP contribution in [0.3, 0.4) is 0 Å². The molecule has 1 unspecified atom stereocenters. The van der Waals surface area contributed by atoms with Crippen molar-refractivity contribution in [3.05, 3.63) is 16.1 Å². The molecule has 0 spiro atoms. The smallest absolute Gasteiger partial charge is 0.240 e. The van der Waals surface area contributed by atoms with Crippen molar-refractivity contribution in [2.24, 2.45) is 4.36 Å². The van der Waals surface area contributed by atoms with E-state index in [9.17, 15) is 13.2 Å². The minimum absolute atomic E-state index is 0.335. The van der Waals surface area contributed by atoms with E-state index in [2.05, 4.69) is 9.35 Å². The first-order valence-corrected chi connectivity index (χ1v) is 6.25. The number of hydrogen-bond donors (Lipinski definition) is 0. The standard InChI is InChI=1S/C7H6F3N3S2/c1-15(13-4-11)3-5-2-12-6(14-5)7(8,9)10/h2H,3H2,1H3. The Hall–Kier alpha value is -0.940. The van der Waals surface area contributed by atoms with Gasteiger partial charge in [-0.05, 0) is 6.26 Å². The lowest BCUT2D eigenvalue weighted by atomic mass is 10.6. The summed E-state index contributed by atoms with van der Waals surface area (Å²) >= 11 is 0.595. The fourth-order valence-corrected chi connectivity index (χ4v) is 2.83. The second-order valence-electron chi connectivity index (χ2n) is 2.57. The molecule has 1 rings (SSSR count). The van der Waals surface area contributed by atoms with Gasteiger partial charge in [0.1, 0.15) is 0 Å². The highest BCUT2D eigenvalue weighted by Gasteiger charge is 2.34. The molecule has 1 aromatic heterocycles. The van der Waals surface area contributed by atoms with Gasteiger partial charge in [-0.1, -0.05) is 10.7 Å². The van der Waals surface area contributed by atoms with Gasteiger partial charge >= 0.3 is 6.18 Å². The van der Waals surface area contributed by atoms with E-state index in [0.29, 0.717) is 22.0 Å². The molecule has 1 aromatic rings. The van der Waals surface area contributed by atoms with Gasteiger partial charge in [-0.3, -0.25) is 0 Å². The predicted octanol–water partition coefficient (Wildman–Crippen LogP) is 2.57. The van der Waals surface area contributed by atoms with Gasteiger partial charge in [0.05, 0.1) is 0 Å². The largest absolute Gasteiger partial charge is 0.443 e. The quantitative estimate of drug-likeness (QED) is 0.760. The molecule has 0 aromatic carbocycles. The Morgan fingerprint density at radius 2 is 2.33 bits per heavy atom. The number of nitrogens with zero attached hydrogens (tertiary/aromatic N) is 3. The van der Waals surface area contributed by atoms with Crippen LogP contribution in [-0.2, 0) is 22.6 Å². The number of halogens is 3. The molecule has 0 N–H and O–H groups in total. The second kappa shape index (κ2) is 4.72. The Bertz CT molecular complexity index is 416.